The third-order valence-corrected chi connectivity index (χ3v) is 4.22. The lowest BCUT2D eigenvalue weighted by molar-refractivity contribution is 0.181. The van der Waals surface area contributed by atoms with Crippen molar-refractivity contribution in [3.8, 4) is 0 Å². The van der Waals surface area contributed by atoms with Gasteiger partial charge >= 0.3 is 0 Å². The summed E-state index contributed by atoms with van der Waals surface area (Å²) in [5, 5.41) is 4.05. The third-order valence-electron chi connectivity index (χ3n) is 4.22. The smallest absolute Gasteiger partial charge is 0.246 e. The van der Waals surface area contributed by atoms with Crippen molar-refractivity contribution in [2.45, 2.75) is 70.8 Å². The first-order chi connectivity index (χ1) is 8.68. The van der Waals surface area contributed by atoms with Gasteiger partial charge in [0.1, 0.15) is 0 Å². The molecule has 1 aliphatic carbocycles. The SMILES string of the molecule is CCCCc1noc(C2(N)CCC(CC)CC2)n1. The second kappa shape index (κ2) is 5.83. The van der Waals surface area contributed by atoms with E-state index in [0.717, 1.165) is 43.8 Å². The van der Waals surface area contributed by atoms with E-state index < -0.39 is 0 Å². The van der Waals surface area contributed by atoms with Crippen LogP contribution in [0, 0.1) is 5.92 Å². The molecular weight excluding hydrogens is 226 g/mol. The van der Waals surface area contributed by atoms with Crippen molar-refractivity contribution >= 4 is 0 Å². The normalized spacial score (nSPS) is 28.5. The highest BCUT2D eigenvalue weighted by molar-refractivity contribution is 5.04. The second-order valence-corrected chi connectivity index (χ2v) is 5.63. The molecule has 2 N–H and O–H groups in total. The highest BCUT2D eigenvalue weighted by Crippen LogP contribution is 2.37. The molecule has 0 spiro atoms. The van der Waals surface area contributed by atoms with E-state index in [4.69, 9.17) is 10.3 Å². The Morgan fingerprint density at radius 1 is 1.33 bits per heavy atom. The minimum Gasteiger partial charge on any atom is -0.337 e. The predicted octanol–water partition coefficient (Wildman–Crippen LogP) is 3.17. The summed E-state index contributed by atoms with van der Waals surface area (Å²) in [6, 6.07) is 0. The topological polar surface area (TPSA) is 64.9 Å². The Kier molecular flexibility index (Phi) is 4.38. The van der Waals surface area contributed by atoms with Crippen LogP contribution in [0.15, 0.2) is 4.52 Å². The summed E-state index contributed by atoms with van der Waals surface area (Å²) in [4.78, 5) is 4.49. The van der Waals surface area contributed by atoms with Crippen molar-refractivity contribution in [3.05, 3.63) is 11.7 Å². The molecule has 2 rings (SSSR count). The third kappa shape index (κ3) is 2.91. The lowest BCUT2D eigenvalue weighted by Crippen LogP contribution is -2.40. The average Bonchev–Trinajstić information content (AvgIpc) is 2.87. The molecule has 0 radical (unpaired) electrons. The van der Waals surface area contributed by atoms with Gasteiger partial charge in [-0.3, -0.25) is 0 Å². The Morgan fingerprint density at radius 2 is 2.06 bits per heavy atom. The fourth-order valence-corrected chi connectivity index (χ4v) is 2.71. The molecule has 1 aromatic rings. The Hall–Kier alpha value is -0.900. The van der Waals surface area contributed by atoms with E-state index >= 15 is 0 Å². The summed E-state index contributed by atoms with van der Waals surface area (Å²) in [7, 11) is 0. The molecule has 0 saturated heterocycles. The maximum Gasteiger partial charge on any atom is 0.246 e. The van der Waals surface area contributed by atoms with E-state index in [1.165, 1.54) is 19.3 Å². The zero-order valence-electron chi connectivity index (χ0n) is 11.6. The van der Waals surface area contributed by atoms with Gasteiger partial charge in [-0.2, -0.15) is 4.98 Å². The number of unbranched alkanes of at least 4 members (excludes halogenated alkanes) is 1. The van der Waals surface area contributed by atoms with Crippen LogP contribution in [0.3, 0.4) is 0 Å². The lowest BCUT2D eigenvalue weighted by atomic mass is 9.76. The van der Waals surface area contributed by atoms with Crippen LogP contribution in [0.4, 0.5) is 0 Å². The molecule has 0 atom stereocenters. The summed E-state index contributed by atoms with van der Waals surface area (Å²) in [5.41, 5.74) is 6.07. The van der Waals surface area contributed by atoms with Gasteiger partial charge in [-0.1, -0.05) is 31.8 Å². The number of nitrogens with zero attached hydrogens (tertiary/aromatic N) is 2. The van der Waals surface area contributed by atoms with E-state index in [2.05, 4.69) is 24.0 Å². The van der Waals surface area contributed by atoms with Crippen LogP contribution >= 0.6 is 0 Å². The zero-order valence-corrected chi connectivity index (χ0v) is 11.6. The molecule has 0 bridgehead atoms. The minimum atomic E-state index is -0.372. The van der Waals surface area contributed by atoms with E-state index in [1.807, 2.05) is 0 Å². The number of hydrogen-bond donors (Lipinski definition) is 1. The summed E-state index contributed by atoms with van der Waals surface area (Å²) in [6.07, 6.45) is 8.71. The van der Waals surface area contributed by atoms with Crippen molar-refractivity contribution in [3.63, 3.8) is 0 Å². The number of rotatable bonds is 5. The number of nitrogens with two attached hydrogens (primary N) is 1. The molecule has 1 fully saturated rings. The van der Waals surface area contributed by atoms with Crippen LogP contribution in [0.2, 0.25) is 0 Å². The van der Waals surface area contributed by atoms with Crippen molar-refractivity contribution in [2.75, 3.05) is 0 Å². The first-order valence-electron chi connectivity index (χ1n) is 7.30. The quantitative estimate of drug-likeness (QED) is 0.873. The molecule has 0 unspecified atom stereocenters. The summed E-state index contributed by atoms with van der Waals surface area (Å²) in [5.74, 6) is 2.29. The molecule has 1 saturated carbocycles. The number of aryl methyl sites for hydroxylation is 1. The Morgan fingerprint density at radius 3 is 2.67 bits per heavy atom. The van der Waals surface area contributed by atoms with Gasteiger partial charge in [0.25, 0.3) is 0 Å². The van der Waals surface area contributed by atoms with Crippen molar-refractivity contribution in [1.29, 1.82) is 0 Å². The van der Waals surface area contributed by atoms with Gasteiger partial charge in [-0.25, -0.2) is 0 Å². The van der Waals surface area contributed by atoms with Crippen molar-refractivity contribution in [2.24, 2.45) is 11.7 Å². The molecule has 0 aliphatic heterocycles. The number of hydrogen-bond acceptors (Lipinski definition) is 4. The Labute approximate surface area is 109 Å². The lowest BCUT2D eigenvalue weighted by Gasteiger charge is -2.33. The van der Waals surface area contributed by atoms with E-state index in [1.54, 1.807) is 0 Å². The first-order valence-corrected chi connectivity index (χ1v) is 7.30. The standard InChI is InChI=1S/C14H25N3O/c1-3-5-6-12-16-13(18-17-12)14(15)9-7-11(4-2)8-10-14/h11H,3-10,15H2,1-2H3. The zero-order chi connectivity index (χ0) is 13.0. The van der Waals surface area contributed by atoms with Gasteiger partial charge in [-0.05, 0) is 38.0 Å². The molecule has 0 amide bonds. The van der Waals surface area contributed by atoms with Crippen molar-refractivity contribution in [1.82, 2.24) is 10.1 Å². The molecule has 1 aromatic heterocycles. The van der Waals surface area contributed by atoms with Crippen LogP contribution in [0.1, 0.15) is 70.5 Å². The predicted molar refractivity (Wildman–Crippen MR) is 71.0 cm³/mol. The second-order valence-electron chi connectivity index (χ2n) is 5.63. The maximum atomic E-state index is 6.44. The molecule has 1 heterocycles. The van der Waals surface area contributed by atoms with E-state index in [-0.39, 0.29) is 5.54 Å². The van der Waals surface area contributed by atoms with Crippen LogP contribution in [0.5, 0.6) is 0 Å². The van der Waals surface area contributed by atoms with Gasteiger partial charge < -0.3 is 10.3 Å². The monoisotopic (exact) mass is 251 g/mol. The molecule has 4 heteroatoms. The van der Waals surface area contributed by atoms with Gasteiger partial charge in [0, 0.05) is 6.42 Å². The van der Waals surface area contributed by atoms with Gasteiger partial charge in [0.15, 0.2) is 5.82 Å². The van der Waals surface area contributed by atoms with Gasteiger partial charge in [-0.15, -0.1) is 0 Å². The molecule has 4 nitrogen and oxygen atoms in total. The Bertz CT molecular complexity index is 367. The molecule has 18 heavy (non-hydrogen) atoms. The van der Waals surface area contributed by atoms with E-state index in [9.17, 15) is 0 Å². The highest BCUT2D eigenvalue weighted by Gasteiger charge is 2.37. The molecule has 102 valence electrons. The maximum absolute atomic E-state index is 6.44. The van der Waals surface area contributed by atoms with Gasteiger partial charge in [0.05, 0.1) is 5.54 Å². The first kappa shape index (κ1) is 13.5. The fraction of sp³-hybridized carbons (Fsp3) is 0.857. The van der Waals surface area contributed by atoms with Crippen LogP contribution in [-0.2, 0) is 12.0 Å². The summed E-state index contributed by atoms with van der Waals surface area (Å²) in [6.45, 7) is 4.42. The van der Waals surface area contributed by atoms with Crippen LogP contribution < -0.4 is 5.73 Å². The fourth-order valence-electron chi connectivity index (χ4n) is 2.71. The molecular formula is C14H25N3O. The molecule has 1 aliphatic rings. The Balaban J connectivity index is 1.99. The largest absolute Gasteiger partial charge is 0.337 e. The van der Waals surface area contributed by atoms with Crippen molar-refractivity contribution < 1.29 is 4.52 Å². The van der Waals surface area contributed by atoms with Crippen LogP contribution in [0.25, 0.3) is 0 Å². The van der Waals surface area contributed by atoms with E-state index in [0.29, 0.717) is 5.89 Å². The molecule has 0 aromatic carbocycles. The minimum absolute atomic E-state index is 0.372. The summed E-state index contributed by atoms with van der Waals surface area (Å²) < 4.78 is 5.39. The summed E-state index contributed by atoms with van der Waals surface area (Å²) >= 11 is 0. The van der Waals surface area contributed by atoms with Crippen LogP contribution in [-0.4, -0.2) is 10.1 Å². The highest BCUT2D eigenvalue weighted by atomic mass is 16.5. The average molecular weight is 251 g/mol. The van der Waals surface area contributed by atoms with Gasteiger partial charge in [0.2, 0.25) is 5.89 Å². The number of aromatic nitrogens is 2.